The van der Waals surface area contributed by atoms with Crippen molar-refractivity contribution in [2.75, 3.05) is 26.0 Å². The molecule has 1 atom stereocenters. The Balaban J connectivity index is 2.00. The summed E-state index contributed by atoms with van der Waals surface area (Å²) in [5.74, 6) is -0.810. The van der Waals surface area contributed by atoms with E-state index >= 15 is 0 Å². The number of aromatic nitrogens is 3. The Hall–Kier alpha value is -2.81. The third-order valence-corrected chi connectivity index (χ3v) is 10.2. The molecule has 0 aliphatic carbocycles. The summed E-state index contributed by atoms with van der Waals surface area (Å²) in [7, 11) is -2.18. The number of nitrogens with zero attached hydrogens (tertiary/aromatic N) is 4. The molecule has 232 valence electrons. The van der Waals surface area contributed by atoms with Crippen molar-refractivity contribution in [3.05, 3.63) is 36.9 Å². The lowest BCUT2D eigenvalue weighted by Gasteiger charge is -2.22. The summed E-state index contributed by atoms with van der Waals surface area (Å²) in [6.07, 6.45) is 0.00198. The van der Waals surface area contributed by atoms with E-state index in [-0.39, 0.29) is 17.5 Å². The fourth-order valence-electron chi connectivity index (χ4n) is 4.26. The Labute approximate surface area is 246 Å². The highest BCUT2D eigenvalue weighted by molar-refractivity contribution is 7.89. The SMILES string of the molecule is CC(C)C(Nc1cncc(-c2cn(COCC[Si](C)(C)C)c3ncc(S(=O)(=O)N(C)C)cc23)c1)C(=O)CCC(F)(F)F. The van der Waals surface area contributed by atoms with Crippen molar-refractivity contribution in [3.63, 3.8) is 0 Å². The van der Waals surface area contributed by atoms with Crippen molar-refractivity contribution < 1.29 is 31.1 Å². The molecule has 1 unspecified atom stereocenters. The van der Waals surface area contributed by atoms with Gasteiger partial charge in [-0.1, -0.05) is 33.5 Å². The molecule has 0 saturated heterocycles. The molecule has 0 aliphatic rings. The van der Waals surface area contributed by atoms with Gasteiger partial charge in [0.15, 0.2) is 5.78 Å². The lowest BCUT2D eigenvalue weighted by atomic mass is 9.96. The van der Waals surface area contributed by atoms with Crippen LogP contribution in [0.2, 0.25) is 25.7 Å². The normalized spacial score (nSPS) is 13.7. The molecule has 3 aromatic heterocycles. The molecule has 0 bridgehead atoms. The van der Waals surface area contributed by atoms with Crippen LogP contribution in [-0.2, 0) is 26.3 Å². The van der Waals surface area contributed by atoms with Crippen LogP contribution in [-0.4, -0.2) is 74.0 Å². The molecule has 0 aromatic carbocycles. The number of pyridine rings is 2. The average Bonchev–Trinajstić information content (AvgIpc) is 3.25. The number of ether oxygens (including phenoxy) is 1. The Morgan fingerprint density at radius 3 is 2.43 bits per heavy atom. The zero-order valence-electron chi connectivity index (χ0n) is 25.1. The third-order valence-electron chi connectivity index (χ3n) is 6.73. The molecule has 0 fully saturated rings. The average molecular weight is 628 g/mol. The molecular weight excluding hydrogens is 587 g/mol. The van der Waals surface area contributed by atoms with Crippen LogP contribution in [0.15, 0.2) is 41.8 Å². The number of hydrogen-bond acceptors (Lipinski definition) is 7. The Kier molecular flexibility index (Phi) is 10.6. The van der Waals surface area contributed by atoms with E-state index in [0.717, 1.165) is 10.3 Å². The first-order valence-corrected chi connectivity index (χ1v) is 18.8. The zero-order valence-corrected chi connectivity index (χ0v) is 26.9. The second kappa shape index (κ2) is 13.2. The van der Waals surface area contributed by atoms with Gasteiger partial charge in [0.05, 0.1) is 18.2 Å². The first-order valence-electron chi connectivity index (χ1n) is 13.7. The fraction of sp³-hybridized carbons (Fsp3) is 0.536. The number of hydrogen-bond donors (Lipinski definition) is 1. The van der Waals surface area contributed by atoms with Crippen molar-refractivity contribution in [2.24, 2.45) is 5.92 Å². The number of carbonyl (C=O) groups excluding carboxylic acids is 1. The lowest BCUT2D eigenvalue weighted by Crippen LogP contribution is -2.35. The number of rotatable bonds is 14. The summed E-state index contributed by atoms with van der Waals surface area (Å²) < 4.78 is 72.8. The number of ketones is 1. The van der Waals surface area contributed by atoms with Gasteiger partial charge in [0.1, 0.15) is 17.3 Å². The van der Waals surface area contributed by atoms with Gasteiger partial charge in [-0.15, -0.1) is 0 Å². The molecule has 0 saturated carbocycles. The van der Waals surface area contributed by atoms with Crippen molar-refractivity contribution in [3.8, 4) is 11.1 Å². The maximum atomic E-state index is 12.9. The van der Waals surface area contributed by atoms with E-state index in [1.54, 1.807) is 36.7 Å². The summed E-state index contributed by atoms with van der Waals surface area (Å²) in [4.78, 5) is 21.5. The number of nitrogens with one attached hydrogen (secondary N) is 1. The van der Waals surface area contributed by atoms with Gasteiger partial charge in [-0.3, -0.25) is 9.78 Å². The van der Waals surface area contributed by atoms with Crippen LogP contribution in [0.25, 0.3) is 22.2 Å². The summed E-state index contributed by atoms with van der Waals surface area (Å²) in [5.41, 5.74) is 2.22. The number of alkyl halides is 3. The van der Waals surface area contributed by atoms with Gasteiger partial charge < -0.3 is 14.6 Å². The van der Waals surface area contributed by atoms with Gasteiger partial charge in [-0.25, -0.2) is 17.7 Å². The molecule has 0 radical (unpaired) electrons. The van der Waals surface area contributed by atoms with E-state index in [4.69, 9.17) is 4.74 Å². The molecular formula is C28H40F3N5O4SSi. The van der Waals surface area contributed by atoms with Crippen LogP contribution in [0.1, 0.15) is 26.7 Å². The van der Waals surface area contributed by atoms with Gasteiger partial charge in [-0.05, 0) is 24.1 Å². The van der Waals surface area contributed by atoms with Gasteiger partial charge in [-0.2, -0.15) is 13.2 Å². The maximum Gasteiger partial charge on any atom is 0.389 e. The second-order valence-corrected chi connectivity index (χ2v) is 19.9. The number of sulfonamides is 1. The third kappa shape index (κ3) is 8.85. The number of anilines is 1. The smallest absolute Gasteiger partial charge is 0.374 e. The van der Waals surface area contributed by atoms with Crippen molar-refractivity contribution in [1.29, 1.82) is 0 Å². The lowest BCUT2D eigenvalue weighted by molar-refractivity contribution is -0.143. The van der Waals surface area contributed by atoms with Crippen LogP contribution in [0, 0.1) is 5.92 Å². The van der Waals surface area contributed by atoms with Gasteiger partial charge >= 0.3 is 6.18 Å². The molecule has 0 spiro atoms. The minimum atomic E-state index is -4.42. The minimum Gasteiger partial charge on any atom is -0.374 e. The van der Waals surface area contributed by atoms with Crippen molar-refractivity contribution in [1.82, 2.24) is 18.8 Å². The molecule has 42 heavy (non-hydrogen) atoms. The molecule has 3 rings (SSSR count). The molecule has 1 N–H and O–H groups in total. The molecule has 3 aromatic rings. The topological polar surface area (TPSA) is 106 Å². The maximum absolute atomic E-state index is 12.9. The molecule has 14 heteroatoms. The molecule has 3 heterocycles. The fourth-order valence-corrected chi connectivity index (χ4v) is 5.89. The van der Waals surface area contributed by atoms with E-state index < -0.39 is 48.9 Å². The van der Waals surface area contributed by atoms with Crippen molar-refractivity contribution in [2.45, 2.75) is 76.2 Å². The summed E-state index contributed by atoms with van der Waals surface area (Å²) in [6, 6.07) is 3.43. The van der Waals surface area contributed by atoms with Gasteiger partial charge in [0.25, 0.3) is 0 Å². The first-order chi connectivity index (χ1) is 19.4. The minimum absolute atomic E-state index is 0.0241. The van der Waals surface area contributed by atoms with E-state index in [9.17, 15) is 26.4 Å². The van der Waals surface area contributed by atoms with Crippen LogP contribution in [0.3, 0.4) is 0 Å². The Bertz CT molecular complexity index is 1500. The van der Waals surface area contributed by atoms with Crippen LogP contribution in [0.5, 0.6) is 0 Å². The van der Waals surface area contributed by atoms with E-state index in [1.807, 2.05) is 6.20 Å². The van der Waals surface area contributed by atoms with Gasteiger partial charge in [0, 0.05) is 76.5 Å². The summed E-state index contributed by atoms with van der Waals surface area (Å²) in [6.45, 7) is 11.1. The van der Waals surface area contributed by atoms with Crippen molar-refractivity contribution >= 4 is 40.6 Å². The first kappa shape index (κ1) is 33.7. The summed E-state index contributed by atoms with van der Waals surface area (Å²) >= 11 is 0. The highest BCUT2D eigenvalue weighted by Gasteiger charge is 2.31. The largest absolute Gasteiger partial charge is 0.389 e. The van der Waals surface area contributed by atoms with Crippen LogP contribution in [0.4, 0.5) is 18.9 Å². The highest BCUT2D eigenvalue weighted by Crippen LogP contribution is 2.33. The molecule has 0 amide bonds. The quantitative estimate of drug-likeness (QED) is 0.172. The number of Topliss-reactive ketones (excluding diaryl/α,β-unsaturated/α-hetero) is 1. The summed E-state index contributed by atoms with van der Waals surface area (Å²) in [5, 5.41) is 3.62. The predicted molar refractivity (Wildman–Crippen MR) is 160 cm³/mol. The molecule has 0 aliphatic heterocycles. The zero-order chi connectivity index (χ0) is 31.5. The number of fused-ring (bicyclic) bond motifs is 1. The second-order valence-electron chi connectivity index (χ2n) is 12.1. The standard InChI is InChI=1S/C28H40F3N5O4SSi/c1-19(2)26(25(37)8-9-28(29,30)31)34-21-12-20(14-32-15-21)24-17-36(18-40-10-11-42(5,6)7)27-23(24)13-22(16-33-27)41(38,39)35(3)4/h12-17,19,26,34H,8-11,18H2,1-7H3. The Morgan fingerprint density at radius 2 is 1.83 bits per heavy atom. The van der Waals surface area contributed by atoms with Crippen LogP contribution < -0.4 is 5.32 Å². The number of carbonyl (C=O) groups is 1. The van der Waals surface area contributed by atoms with E-state index in [0.29, 0.717) is 34.5 Å². The Morgan fingerprint density at radius 1 is 1.14 bits per heavy atom. The van der Waals surface area contributed by atoms with E-state index in [2.05, 4.69) is 34.9 Å². The molecule has 9 nitrogen and oxygen atoms in total. The van der Waals surface area contributed by atoms with Gasteiger partial charge in [0.2, 0.25) is 10.0 Å². The highest BCUT2D eigenvalue weighted by atomic mass is 32.2. The van der Waals surface area contributed by atoms with E-state index in [1.165, 1.54) is 26.5 Å². The number of halogens is 3. The predicted octanol–water partition coefficient (Wildman–Crippen LogP) is 6.01. The monoisotopic (exact) mass is 627 g/mol. The van der Waals surface area contributed by atoms with Crippen LogP contribution >= 0.6 is 0 Å².